The van der Waals surface area contributed by atoms with Crippen molar-refractivity contribution in [1.29, 1.82) is 0 Å². The third-order valence-electron chi connectivity index (χ3n) is 17.9. The highest BCUT2D eigenvalue weighted by Crippen LogP contribution is 2.45. The van der Waals surface area contributed by atoms with E-state index in [0.717, 1.165) is 126 Å². The molecule has 92 heavy (non-hydrogen) atoms. The normalized spacial score (nSPS) is 15.1. The molecule has 0 radical (unpaired) electrons. The molecule has 19 heteroatoms. The monoisotopic (exact) mass is 1350 g/mol. The summed E-state index contributed by atoms with van der Waals surface area (Å²) in [6, 6.07) is 0. The molecule has 17 nitrogen and oxygen atoms in total. The van der Waals surface area contributed by atoms with Crippen molar-refractivity contribution in [3.05, 3.63) is 0 Å². The van der Waals surface area contributed by atoms with E-state index in [-0.39, 0.29) is 25.7 Å². The first-order valence-electron chi connectivity index (χ1n) is 37.8. The third-order valence-corrected chi connectivity index (χ3v) is 19.8. The van der Waals surface area contributed by atoms with Crippen LogP contribution in [0.2, 0.25) is 0 Å². The van der Waals surface area contributed by atoms with Crippen LogP contribution in [-0.4, -0.2) is 96.7 Å². The largest absolute Gasteiger partial charge is 0.472 e. The number of hydrogen-bond donors (Lipinski definition) is 3. The van der Waals surface area contributed by atoms with E-state index in [1.807, 2.05) is 0 Å². The van der Waals surface area contributed by atoms with Crippen molar-refractivity contribution in [2.75, 3.05) is 39.6 Å². The van der Waals surface area contributed by atoms with Crippen molar-refractivity contribution in [3.63, 3.8) is 0 Å². The first-order valence-corrected chi connectivity index (χ1v) is 40.8. The van der Waals surface area contributed by atoms with Crippen LogP contribution < -0.4 is 0 Å². The van der Waals surface area contributed by atoms with Gasteiger partial charge in [0.2, 0.25) is 0 Å². The van der Waals surface area contributed by atoms with E-state index in [2.05, 4.69) is 55.4 Å². The summed E-state index contributed by atoms with van der Waals surface area (Å²) in [5.41, 5.74) is 0. The lowest BCUT2D eigenvalue weighted by Gasteiger charge is -2.21. The molecule has 0 saturated heterocycles. The number of ether oxygens (including phenoxy) is 4. The molecule has 0 aliphatic carbocycles. The molecule has 0 rings (SSSR count). The predicted molar refractivity (Wildman–Crippen MR) is 372 cm³/mol. The van der Waals surface area contributed by atoms with E-state index in [9.17, 15) is 43.2 Å². The Morgan fingerprint density at radius 1 is 0.304 bits per heavy atom. The minimum absolute atomic E-state index is 0.105. The van der Waals surface area contributed by atoms with Gasteiger partial charge in [0.15, 0.2) is 12.2 Å². The van der Waals surface area contributed by atoms with Gasteiger partial charge in [0, 0.05) is 25.7 Å². The highest BCUT2D eigenvalue weighted by Gasteiger charge is 2.30. The summed E-state index contributed by atoms with van der Waals surface area (Å²) in [6.45, 7) is 14.1. The van der Waals surface area contributed by atoms with Crippen molar-refractivity contribution < 1.29 is 80.2 Å². The smallest absolute Gasteiger partial charge is 0.462 e. The maximum absolute atomic E-state index is 13.0. The fourth-order valence-corrected chi connectivity index (χ4v) is 12.5. The van der Waals surface area contributed by atoms with Crippen LogP contribution in [0.1, 0.15) is 364 Å². The predicted octanol–water partition coefficient (Wildman–Crippen LogP) is 20.9. The Kier molecular flexibility index (Phi) is 61.3. The standard InChI is InChI=1S/C73H142O17P2/c1-9-64(6)50-42-34-26-22-19-20-24-28-40-48-56-73(78)90-69(60-84-71(76)54-46-38-32-30-36-44-52-66(8)11-3)62-88-92(81,82)86-58-67(74)57-85-91(79,80)87-61-68(59-83-70(75)53-45-37-31-29-35-43-51-65(7)10-2)89-72(77)55-47-39-27-23-18-16-14-12-13-15-17-21-25-33-41-49-63(4)5/h63-69,74H,9-62H2,1-8H3,(H,79,80)(H,81,82)/t64?,65?,66?,67-,68-,69-/m1/s1. The van der Waals surface area contributed by atoms with Crippen LogP contribution in [0.25, 0.3) is 0 Å². The van der Waals surface area contributed by atoms with Gasteiger partial charge in [-0.15, -0.1) is 0 Å². The number of esters is 4. The van der Waals surface area contributed by atoms with Gasteiger partial charge in [0.25, 0.3) is 0 Å². The molecule has 0 amide bonds. The lowest BCUT2D eigenvalue weighted by atomic mass is 9.99. The fraction of sp³-hybridized carbons (Fsp3) is 0.945. The number of hydrogen-bond acceptors (Lipinski definition) is 15. The van der Waals surface area contributed by atoms with Crippen LogP contribution in [0.5, 0.6) is 0 Å². The summed E-state index contributed by atoms with van der Waals surface area (Å²) >= 11 is 0. The molecule has 0 aromatic rings. The van der Waals surface area contributed by atoms with Crippen molar-refractivity contribution in [2.45, 2.75) is 382 Å². The fourth-order valence-electron chi connectivity index (χ4n) is 10.9. The minimum atomic E-state index is -4.95. The molecular weight excluding hydrogens is 1210 g/mol. The number of phosphoric acid groups is 2. The van der Waals surface area contributed by atoms with Crippen LogP contribution in [0.4, 0.5) is 0 Å². The highest BCUT2D eigenvalue weighted by atomic mass is 31.2. The Balaban J connectivity index is 5.23. The van der Waals surface area contributed by atoms with E-state index < -0.39 is 97.5 Å². The number of unbranched alkanes of at least 4 members (excludes halogenated alkanes) is 33. The van der Waals surface area contributed by atoms with Crippen molar-refractivity contribution in [3.8, 4) is 0 Å². The van der Waals surface area contributed by atoms with Crippen LogP contribution in [0.15, 0.2) is 0 Å². The number of phosphoric ester groups is 2. The Morgan fingerprint density at radius 2 is 0.522 bits per heavy atom. The molecule has 0 aliphatic heterocycles. The maximum Gasteiger partial charge on any atom is 0.472 e. The van der Waals surface area contributed by atoms with Gasteiger partial charge in [0.1, 0.15) is 19.3 Å². The van der Waals surface area contributed by atoms with E-state index in [1.54, 1.807) is 0 Å². The van der Waals surface area contributed by atoms with Gasteiger partial charge in [-0.05, 0) is 49.4 Å². The Bertz CT molecular complexity index is 1820. The molecule has 0 aromatic carbocycles. The zero-order chi connectivity index (χ0) is 68.2. The van der Waals surface area contributed by atoms with Crippen LogP contribution >= 0.6 is 15.6 Å². The van der Waals surface area contributed by atoms with Crippen LogP contribution in [0, 0.1) is 23.7 Å². The average Bonchev–Trinajstić information content (AvgIpc) is 3.16. The SMILES string of the molecule is CCC(C)CCCCCCCCCCCCC(=O)O[C@H](COC(=O)CCCCCCCCC(C)CC)COP(=O)(O)OC[C@H](O)COP(=O)(O)OC[C@@H](COC(=O)CCCCCCCCC(C)CC)OC(=O)CCCCCCCCCCCCCCCCCC(C)C. The summed E-state index contributed by atoms with van der Waals surface area (Å²) in [6.07, 6.45) is 45.8. The minimum Gasteiger partial charge on any atom is -0.462 e. The van der Waals surface area contributed by atoms with Gasteiger partial charge < -0.3 is 33.8 Å². The number of carbonyl (C=O) groups is 4. The molecular formula is C73H142O17P2. The van der Waals surface area contributed by atoms with Crippen LogP contribution in [0.3, 0.4) is 0 Å². The van der Waals surface area contributed by atoms with E-state index in [0.29, 0.717) is 25.7 Å². The van der Waals surface area contributed by atoms with Crippen molar-refractivity contribution in [1.82, 2.24) is 0 Å². The highest BCUT2D eigenvalue weighted by molar-refractivity contribution is 7.47. The molecule has 8 atom stereocenters. The second kappa shape index (κ2) is 62.6. The van der Waals surface area contributed by atoms with Gasteiger partial charge in [-0.3, -0.25) is 37.3 Å². The molecule has 0 aliphatic rings. The van der Waals surface area contributed by atoms with Crippen molar-refractivity contribution in [2.24, 2.45) is 23.7 Å². The van der Waals surface area contributed by atoms with Gasteiger partial charge in [-0.25, -0.2) is 9.13 Å². The second-order valence-electron chi connectivity index (χ2n) is 27.5. The Labute approximate surface area is 562 Å². The molecule has 0 aromatic heterocycles. The second-order valence-corrected chi connectivity index (χ2v) is 30.4. The Morgan fingerprint density at radius 3 is 0.772 bits per heavy atom. The van der Waals surface area contributed by atoms with Gasteiger partial charge in [-0.1, -0.05) is 312 Å². The molecule has 0 heterocycles. The first-order chi connectivity index (χ1) is 44.2. The molecule has 3 N–H and O–H groups in total. The quantitative estimate of drug-likeness (QED) is 0.0222. The summed E-state index contributed by atoms with van der Waals surface area (Å²) in [7, 11) is -9.91. The van der Waals surface area contributed by atoms with Gasteiger partial charge >= 0.3 is 39.5 Å². The summed E-state index contributed by atoms with van der Waals surface area (Å²) < 4.78 is 68.4. The molecule has 0 spiro atoms. The first kappa shape index (κ1) is 90.1. The molecule has 0 bridgehead atoms. The topological polar surface area (TPSA) is 237 Å². The summed E-state index contributed by atoms with van der Waals surface area (Å²) in [5, 5.41) is 10.6. The molecule has 546 valence electrons. The van der Waals surface area contributed by atoms with E-state index in [4.69, 9.17) is 37.0 Å². The number of carbonyl (C=O) groups excluding carboxylic acids is 4. The maximum atomic E-state index is 13.0. The van der Waals surface area contributed by atoms with Crippen LogP contribution in [-0.2, 0) is 65.4 Å². The molecule has 0 saturated carbocycles. The number of aliphatic hydroxyl groups excluding tert-OH is 1. The zero-order valence-electron chi connectivity index (χ0n) is 60.2. The lowest BCUT2D eigenvalue weighted by molar-refractivity contribution is -0.161. The molecule has 5 unspecified atom stereocenters. The van der Waals surface area contributed by atoms with Crippen molar-refractivity contribution >= 4 is 39.5 Å². The zero-order valence-corrected chi connectivity index (χ0v) is 62.0. The summed E-state index contributed by atoms with van der Waals surface area (Å²) in [5.74, 6) is 0.940. The lowest BCUT2D eigenvalue weighted by Crippen LogP contribution is -2.30. The number of aliphatic hydroxyl groups is 1. The van der Waals surface area contributed by atoms with E-state index in [1.165, 1.54) is 154 Å². The van der Waals surface area contributed by atoms with Gasteiger partial charge in [0.05, 0.1) is 26.4 Å². The summed E-state index contributed by atoms with van der Waals surface area (Å²) in [4.78, 5) is 72.7. The third kappa shape index (κ3) is 62.8. The number of rotatable bonds is 70. The van der Waals surface area contributed by atoms with E-state index >= 15 is 0 Å². The molecule has 0 fully saturated rings. The van der Waals surface area contributed by atoms with Gasteiger partial charge in [-0.2, -0.15) is 0 Å². The average molecular weight is 1350 g/mol. The Hall–Kier alpha value is -1.94.